The average Bonchev–Trinajstić information content (AvgIpc) is 1.83. The lowest BCUT2D eigenvalue weighted by Gasteiger charge is -1.96. The maximum Gasteiger partial charge on any atom is 0.200 e. The number of rotatable bonds is 0. The van der Waals surface area contributed by atoms with Gasteiger partial charge in [0.15, 0.2) is 17.2 Å². The first-order valence-corrected chi connectivity index (χ1v) is 2.41. The lowest BCUT2D eigenvalue weighted by Crippen LogP contribution is -1.67. The summed E-state index contributed by atoms with van der Waals surface area (Å²) < 4.78 is 0. The maximum absolute atomic E-state index is 8.71. The van der Waals surface area contributed by atoms with Crippen molar-refractivity contribution >= 4 is 13.5 Å². The second kappa shape index (κ2) is 3.22. The number of hydrogen-bond donors (Lipinski definition) is 3. The molecule has 1 aromatic rings. The van der Waals surface area contributed by atoms with E-state index in [1.807, 2.05) is 0 Å². The Hall–Kier alpha value is -1.03. The van der Waals surface area contributed by atoms with Crippen LogP contribution in [-0.2, 0) is 0 Å². The van der Waals surface area contributed by atoms with Crippen molar-refractivity contribution in [2.45, 2.75) is 0 Å². The molecule has 0 amide bonds. The van der Waals surface area contributed by atoms with Crippen LogP contribution < -0.4 is 0 Å². The summed E-state index contributed by atoms with van der Waals surface area (Å²) in [6, 6.07) is 4.01. The fourth-order valence-corrected chi connectivity index (χ4v) is 0.519. The Balaban J connectivity index is 0.000000810. The summed E-state index contributed by atoms with van der Waals surface area (Å²) in [5.74, 6) is -1.09. The third-order valence-corrected chi connectivity index (χ3v) is 0.993. The van der Waals surface area contributed by atoms with Crippen LogP contribution in [0.5, 0.6) is 17.2 Å². The van der Waals surface area contributed by atoms with Crippen molar-refractivity contribution in [1.82, 2.24) is 0 Å². The lowest BCUT2D eigenvalue weighted by molar-refractivity contribution is 0.368. The van der Waals surface area contributed by atoms with Crippen molar-refractivity contribution in [2.24, 2.45) is 0 Å². The Bertz CT molecular complexity index is 204. The van der Waals surface area contributed by atoms with E-state index in [-0.39, 0.29) is 25.0 Å². The minimum absolute atomic E-state index is 0. The maximum atomic E-state index is 8.71. The third-order valence-electron chi connectivity index (χ3n) is 0.993. The summed E-state index contributed by atoms with van der Waals surface area (Å²) in [7, 11) is 0. The summed E-state index contributed by atoms with van der Waals surface area (Å²) in [4.78, 5) is 0. The van der Waals surface area contributed by atoms with Crippen molar-refractivity contribution in [3.05, 3.63) is 18.2 Å². The van der Waals surface area contributed by atoms with Gasteiger partial charge in [-0.25, -0.2) is 0 Å². The minimum atomic E-state index is -0.475. The van der Waals surface area contributed by atoms with Gasteiger partial charge in [0.25, 0.3) is 0 Å². The van der Waals surface area contributed by atoms with Crippen molar-refractivity contribution in [2.75, 3.05) is 0 Å². The molecule has 4 heteroatoms. The summed E-state index contributed by atoms with van der Waals surface area (Å²) in [5.41, 5.74) is 0. The topological polar surface area (TPSA) is 60.7 Å². The predicted molar refractivity (Wildman–Crippen MR) is 41.8 cm³/mol. The Labute approximate surface area is 65.0 Å². The SMILES string of the molecule is Oc1cccc(O)c1O.S. The van der Waals surface area contributed by atoms with Crippen molar-refractivity contribution < 1.29 is 15.3 Å². The molecule has 0 spiro atoms. The number of benzene rings is 1. The normalized spacial score (nSPS) is 8.40. The van der Waals surface area contributed by atoms with Crippen molar-refractivity contribution in [3.8, 4) is 17.2 Å². The molecule has 3 nitrogen and oxygen atoms in total. The van der Waals surface area contributed by atoms with Crippen LogP contribution in [0.3, 0.4) is 0 Å². The monoisotopic (exact) mass is 160 g/mol. The molecule has 0 aliphatic rings. The van der Waals surface area contributed by atoms with Crippen LogP contribution in [0.15, 0.2) is 18.2 Å². The van der Waals surface area contributed by atoms with Gasteiger partial charge in [0, 0.05) is 0 Å². The molecule has 56 valence electrons. The van der Waals surface area contributed by atoms with E-state index in [0.29, 0.717) is 0 Å². The van der Waals surface area contributed by atoms with E-state index < -0.39 is 5.75 Å². The molecule has 0 aliphatic carbocycles. The second-order valence-electron chi connectivity index (χ2n) is 1.64. The highest BCUT2D eigenvalue weighted by molar-refractivity contribution is 7.59. The molecule has 0 aliphatic heterocycles. The van der Waals surface area contributed by atoms with E-state index >= 15 is 0 Å². The van der Waals surface area contributed by atoms with E-state index in [1.54, 1.807) is 0 Å². The smallest absolute Gasteiger partial charge is 0.200 e. The molecule has 0 unspecified atom stereocenters. The van der Waals surface area contributed by atoms with Gasteiger partial charge >= 0.3 is 0 Å². The zero-order valence-corrected chi connectivity index (χ0v) is 6.07. The summed E-state index contributed by atoms with van der Waals surface area (Å²) >= 11 is 0. The molecule has 10 heavy (non-hydrogen) atoms. The Morgan fingerprint density at radius 1 is 0.900 bits per heavy atom. The first-order valence-electron chi connectivity index (χ1n) is 2.41. The van der Waals surface area contributed by atoms with Crippen LogP contribution in [0.4, 0.5) is 0 Å². The quantitative estimate of drug-likeness (QED) is 0.494. The fraction of sp³-hybridized carbons (Fsp3) is 0. The van der Waals surface area contributed by atoms with Gasteiger partial charge < -0.3 is 15.3 Å². The Morgan fingerprint density at radius 2 is 1.30 bits per heavy atom. The molecule has 0 bridgehead atoms. The van der Waals surface area contributed by atoms with Crippen LogP contribution in [0.25, 0.3) is 0 Å². The van der Waals surface area contributed by atoms with Gasteiger partial charge in [-0.2, -0.15) is 13.5 Å². The molecule has 1 aromatic carbocycles. The van der Waals surface area contributed by atoms with Crippen LogP contribution in [0.1, 0.15) is 0 Å². The first kappa shape index (κ1) is 8.97. The molecule has 0 radical (unpaired) electrons. The molecule has 0 fully saturated rings. The van der Waals surface area contributed by atoms with Gasteiger partial charge in [0.2, 0.25) is 0 Å². The molecular weight excluding hydrogens is 152 g/mol. The van der Waals surface area contributed by atoms with Crippen LogP contribution >= 0.6 is 13.5 Å². The van der Waals surface area contributed by atoms with Crippen LogP contribution in [0.2, 0.25) is 0 Å². The van der Waals surface area contributed by atoms with E-state index in [1.165, 1.54) is 18.2 Å². The molecule has 0 saturated heterocycles. The predicted octanol–water partition coefficient (Wildman–Crippen LogP) is 0.916. The van der Waals surface area contributed by atoms with Gasteiger partial charge in [-0.3, -0.25) is 0 Å². The highest BCUT2D eigenvalue weighted by Gasteiger charge is 2.00. The highest BCUT2D eigenvalue weighted by atomic mass is 32.1. The van der Waals surface area contributed by atoms with E-state index in [4.69, 9.17) is 15.3 Å². The van der Waals surface area contributed by atoms with Crippen LogP contribution in [0, 0.1) is 0 Å². The van der Waals surface area contributed by atoms with Gasteiger partial charge in [-0.15, -0.1) is 0 Å². The number of para-hydroxylation sites is 1. The van der Waals surface area contributed by atoms with Gasteiger partial charge in [0.05, 0.1) is 0 Å². The van der Waals surface area contributed by atoms with E-state index in [2.05, 4.69) is 0 Å². The van der Waals surface area contributed by atoms with E-state index in [0.717, 1.165) is 0 Å². The number of hydrogen-bond acceptors (Lipinski definition) is 3. The summed E-state index contributed by atoms with van der Waals surface area (Å²) in [6.07, 6.45) is 0. The first-order chi connectivity index (χ1) is 4.22. The number of phenolic OH excluding ortho intramolecular Hbond substituents is 3. The largest absolute Gasteiger partial charge is 0.504 e. The summed E-state index contributed by atoms with van der Waals surface area (Å²) in [6.45, 7) is 0. The second-order valence-corrected chi connectivity index (χ2v) is 1.64. The van der Waals surface area contributed by atoms with Crippen molar-refractivity contribution in [3.63, 3.8) is 0 Å². The standard InChI is InChI=1S/C6H6O3.H2S/c7-4-2-1-3-5(8)6(4)9;/h1-3,7-9H;1H2. The fourth-order valence-electron chi connectivity index (χ4n) is 0.519. The zero-order chi connectivity index (χ0) is 6.85. The zero-order valence-electron chi connectivity index (χ0n) is 5.07. The lowest BCUT2D eigenvalue weighted by atomic mass is 10.3. The molecular formula is C6H8O3S. The van der Waals surface area contributed by atoms with Gasteiger partial charge in [-0.05, 0) is 12.1 Å². The average molecular weight is 160 g/mol. The highest BCUT2D eigenvalue weighted by Crippen LogP contribution is 2.32. The van der Waals surface area contributed by atoms with Gasteiger partial charge in [-0.1, -0.05) is 6.07 Å². The number of phenols is 3. The minimum Gasteiger partial charge on any atom is -0.504 e. The molecule has 0 heterocycles. The third kappa shape index (κ3) is 1.48. The van der Waals surface area contributed by atoms with Crippen LogP contribution in [-0.4, -0.2) is 15.3 Å². The van der Waals surface area contributed by atoms with E-state index in [9.17, 15) is 0 Å². The summed E-state index contributed by atoms with van der Waals surface area (Å²) in [5, 5.41) is 26.1. The number of aromatic hydroxyl groups is 3. The van der Waals surface area contributed by atoms with Gasteiger partial charge in [0.1, 0.15) is 0 Å². The molecule has 0 atom stereocenters. The molecule has 0 aromatic heterocycles. The Morgan fingerprint density at radius 3 is 1.60 bits per heavy atom. The molecule has 3 N–H and O–H groups in total. The van der Waals surface area contributed by atoms with Crippen molar-refractivity contribution in [1.29, 1.82) is 0 Å². The molecule has 1 rings (SSSR count). The molecule has 0 saturated carbocycles. The Kier molecular flexibility index (Phi) is 2.89.